The fourth-order valence-electron chi connectivity index (χ4n) is 2.80. The normalized spacial score (nSPS) is 21.2. The third-order valence-corrected chi connectivity index (χ3v) is 5.63. The Kier molecular flexibility index (Phi) is 5.57. The van der Waals surface area contributed by atoms with Crippen molar-refractivity contribution in [3.8, 4) is 0 Å². The molecule has 0 unspecified atom stereocenters. The minimum Gasteiger partial charge on any atom is -0.361 e. The molecule has 1 fully saturated rings. The summed E-state index contributed by atoms with van der Waals surface area (Å²) in [6.45, 7) is 6.79. The van der Waals surface area contributed by atoms with Crippen molar-refractivity contribution < 1.29 is 4.79 Å². The zero-order chi connectivity index (χ0) is 16.3. The van der Waals surface area contributed by atoms with Gasteiger partial charge in [0.1, 0.15) is 0 Å². The van der Waals surface area contributed by atoms with E-state index in [1.807, 2.05) is 12.3 Å². The summed E-state index contributed by atoms with van der Waals surface area (Å²) < 4.78 is 0. The average molecular weight is 340 g/mol. The lowest BCUT2D eigenvalue weighted by Gasteiger charge is -2.36. The van der Waals surface area contributed by atoms with Crippen LogP contribution in [0.4, 0.5) is 5.69 Å². The molecule has 0 saturated heterocycles. The third-order valence-electron chi connectivity index (χ3n) is 4.89. The Morgan fingerprint density at radius 2 is 2.05 bits per heavy atom. The van der Waals surface area contributed by atoms with E-state index in [1.54, 1.807) is 12.1 Å². The van der Waals surface area contributed by atoms with E-state index < -0.39 is 0 Å². The molecule has 1 atom stereocenters. The number of carbonyl (C=O) groups excluding carboxylic acids is 1. The summed E-state index contributed by atoms with van der Waals surface area (Å²) in [5, 5.41) is 4.21. The standard InChI is InChI=1S/C18H23Cl2NO/c1-4-18(2,3)13-5-8-17(22)12(9-13)11-21-14-6-7-15(19)16(20)10-14/h6-7,10-11,13,21H,4-5,8-9H2,1-3H3/b12-11+/t13-/m0/s1. The van der Waals surface area contributed by atoms with Crippen molar-refractivity contribution in [1.29, 1.82) is 0 Å². The highest BCUT2D eigenvalue weighted by molar-refractivity contribution is 6.42. The molecule has 4 heteroatoms. The maximum Gasteiger partial charge on any atom is 0.160 e. The van der Waals surface area contributed by atoms with Gasteiger partial charge < -0.3 is 5.32 Å². The van der Waals surface area contributed by atoms with Crippen molar-refractivity contribution in [2.24, 2.45) is 11.3 Å². The van der Waals surface area contributed by atoms with E-state index in [-0.39, 0.29) is 11.2 Å². The molecule has 0 radical (unpaired) electrons. The van der Waals surface area contributed by atoms with Gasteiger partial charge in [-0.05, 0) is 42.4 Å². The van der Waals surface area contributed by atoms with Gasteiger partial charge >= 0.3 is 0 Å². The number of hydrogen-bond acceptors (Lipinski definition) is 2. The highest BCUT2D eigenvalue weighted by Gasteiger charge is 2.33. The van der Waals surface area contributed by atoms with Gasteiger partial charge in [-0.1, -0.05) is 50.4 Å². The van der Waals surface area contributed by atoms with Crippen molar-refractivity contribution in [3.05, 3.63) is 40.0 Å². The van der Waals surface area contributed by atoms with Gasteiger partial charge in [0.15, 0.2) is 5.78 Å². The van der Waals surface area contributed by atoms with Crippen LogP contribution in [0.1, 0.15) is 46.5 Å². The quantitative estimate of drug-likeness (QED) is 0.672. The molecule has 1 aliphatic rings. The fraction of sp³-hybridized carbons (Fsp3) is 0.500. The van der Waals surface area contributed by atoms with Gasteiger partial charge in [0, 0.05) is 23.9 Å². The SMILES string of the molecule is CCC(C)(C)[C@H]1CCC(=O)/C(=C/Nc2ccc(Cl)c(Cl)c2)C1. The number of Topliss-reactive ketones (excluding diaryl/α,β-unsaturated/α-hetero) is 1. The van der Waals surface area contributed by atoms with Crippen LogP contribution in [-0.2, 0) is 4.79 Å². The van der Waals surface area contributed by atoms with Gasteiger partial charge in [-0.15, -0.1) is 0 Å². The summed E-state index contributed by atoms with van der Waals surface area (Å²) in [5.74, 6) is 0.799. The summed E-state index contributed by atoms with van der Waals surface area (Å²) in [5.41, 5.74) is 1.99. The van der Waals surface area contributed by atoms with Gasteiger partial charge in [0.05, 0.1) is 10.0 Å². The zero-order valence-electron chi connectivity index (χ0n) is 13.4. The molecule has 2 rings (SSSR count). The Morgan fingerprint density at radius 3 is 2.68 bits per heavy atom. The zero-order valence-corrected chi connectivity index (χ0v) is 14.9. The monoisotopic (exact) mass is 339 g/mol. The lowest BCUT2D eigenvalue weighted by atomic mass is 9.68. The number of ketones is 1. The van der Waals surface area contributed by atoms with E-state index in [4.69, 9.17) is 23.2 Å². The summed E-state index contributed by atoms with van der Waals surface area (Å²) in [6.07, 6.45) is 5.43. The number of allylic oxidation sites excluding steroid dienone is 1. The van der Waals surface area contributed by atoms with Crippen molar-refractivity contribution in [2.45, 2.75) is 46.5 Å². The topological polar surface area (TPSA) is 29.1 Å². The minimum absolute atomic E-state index is 0.246. The fourth-order valence-corrected chi connectivity index (χ4v) is 3.10. The van der Waals surface area contributed by atoms with Gasteiger partial charge in [-0.25, -0.2) is 0 Å². The second-order valence-electron chi connectivity index (χ2n) is 6.65. The van der Waals surface area contributed by atoms with Crippen LogP contribution in [0.5, 0.6) is 0 Å². The van der Waals surface area contributed by atoms with E-state index in [9.17, 15) is 4.79 Å². The van der Waals surface area contributed by atoms with Gasteiger partial charge in [-0.3, -0.25) is 4.79 Å². The van der Waals surface area contributed by atoms with E-state index in [2.05, 4.69) is 26.1 Å². The number of carbonyl (C=O) groups is 1. The lowest BCUT2D eigenvalue weighted by Crippen LogP contribution is -2.29. The molecule has 1 saturated carbocycles. The van der Waals surface area contributed by atoms with Crippen LogP contribution in [0, 0.1) is 11.3 Å². The van der Waals surface area contributed by atoms with Crippen LogP contribution in [0.2, 0.25) is 10.0 Å². The Hall–Kier alpha value is -0.990. The maximum atomic E-state index is 12.1. The average Bonchev–Trinajstić information content (AvgIpc) is 2.49. The summed E-state index contributed by atoms with van der Waals surface area (Å²) in [7, 11) is 0. The Balaban J connectivity index is 2.11. The molecule has 0 aliphatic heterocycles. The van der Waals surface area contributed by atoms with E-state index in [1.165, 1.54) is 0 Å². The van der Waals surface area contributed by atoms with Crippen molar-refractivity contribution in [3.63, 3.8) is 0 Å². The Morgan fingerprint density at radius 1 is 1.32 bits per heavy atom. The Bertz CT molecular complexity index is 593. The molecular weight excluding hydrogens is 317 g/mol. The molecule has 0 bridgehead atoms. The number of rotatable bonds is 4. The molecule has 0 amide bonds. The number of halogens is 2. The molecule has 1 aromatic rings. The van der Waals surface area contributed by atoms with Crippen molar-refractivity contribution in [2.75, 3.05) is 5.32 Å². The molecule has 0 aromatic heterocycles. The van der Waals surface area contributed by atoms with Crippen LogP contribution >= 0.6 is 23.2 Å². The molecule has 1 N–H and O–H groups in total. The van der Waals surface area contributed by atoms with Crippen LogP contribution in [0.3, 0.4) is 0 Å². The largest absolute Gasteiger partial charge is 0.361 e. The first kappa shape index (κ1) is 17.4. The van der Waals surface area contributed by atoms with Crippen molar-refractivity contribution >= 4 is 34.7 Å². The van der Waals surface area contributed by atoms with Crippen LogP contribution < -0.4 is 5.32 Å². The summed E-state index contributed by atoms with van der Waals surface area (Å²) in [6, 6.07) is 5.37. The molecule has 120 valence electrons. The lowest BCUT2D eigenvalue weighted by molar-refractivity contribution is -0.117. The highest BCUT2D eigenvalue weighted by Crippen LogP contribution is 2.41. The number of benzene rings is 1. The second kappa shape index (κ2) is 7.06. The number of nitrogens with one attached hydrogen (secondary N) is 1. The predicted molar refractivity (Wildman–Crippen MR) is 94.6 cm³/mol. The molecule has 22 heavy (non-hydrogen) atoms. The first-order chi connectivity index (χ1) is 10.3. The van der Waals surface area contributed by atoms with Crippen LogP contribution in [0.15, 0.2) is 30.0 Å². The third kappa shape index (κ3) is 4.05. The predicted octanol–water partition coefficient (Wildman–Crippen LogP) is 6.09. The van der Waals surface area contributed by atoms with Gasteiger partial charge in [0.25, 0.3) is 0 Å². The number of anilines is 1. The highest BCUT2D eigenvalue weighted by atomic mass is 35.5. The van der Waals surface area contributed by atoms with Gasteiger partial charge in [-0.2, -0.15) is 0 Å². The van der Waals surface area contributed by atoms with E-state index in [0.29, 0.717) is 22.4 Å². The number of hydrogen-bond donors (Lipinski definition) is 1. The van der Waals surface area contributed by atoms with Gasteiger partial charge in [0.2, 0.25) is 0 Å². The summed E-state index contributed by atoms with van der Waals surface area (Å²) >= 11 is 11.9. The first-order valence-corrected chi connectivity index (χ1v) is 8.53. The Labute approximate surface area is 142 Å². The molecule has 1 aromatic carbocycles. The smallest absolute Gasteiger partial charge is 0.160 e. The molecule has 2 nitrogen and oxygen atoms in total. The van der Waals surface area contributed by atoms with Crippen molar-refractivity contribution in [1.82, 2.24) is 0 Å². The van der Waals surface area contributed by atoms with E-state index >= 15 is 0 Å². The van der Waals surface area contributed by atoms with E-state index in [0.717, 1.165) is 30.5 Å². The minimum atomic E-state index is 0.246. The van der Waals surface area contributed by atoms with Crippen LogP contribution in [-0.4, -0.2) is 5.78 Å². The first-order valence-electron chi connectivity index (χ1n) is 7.77. The maximum absolute atomic E-state index is 12.1. The molecular formula is C18H23Cl2NO. The second-order valence-corrected chi connectivity index (χ2v) is 7.46. The summed E-state index contributed by atoms with van der Waals surface area (Å²) in [4.78, 5) is 12.1. The molecule has 1 aliphatic carbocycles. The van der Waals surface area contributed by atoms with Crippen LogP contribution in [0.25, 0.3) is 0 Å². The molecule has 0 spiro atoms. The molecule has 0 heterocycles.